The van der Waals surface area contributed by atoms with Gasteiger partial charge in [-0.25, -0.2) is 0 Å². The number of nitrogens with zero attached hydrogens (tertiary/aromatic N) is 1. The average Bonchev–Trinajstić information content (AvgIpc) is 2.85. The van der Waals surface area contributed by atoms with Crippen molar-refractivity contribution >= 4 is 0 Å². The second-order valence-electron chi connectivity index (χ2n) is 5.55. The van der Waals surface area contributed by atoms with Gasteiger partial charge in [-0.1, -0.05) is 26.2 Å². The summed E-state index contributed by atoms with van der Waals surface area (Å²) in [4.78, 5) is 2.69. The van der Waals surface area contributed by atoms with Gasteiger partial charge in [0.25, 0.3) is 0 Å². The van der Waals surface area contributed by atoms with E-state index in [1.54, 1.807) is 0 Å². The average molecular weight is 224 g/mol. The predicted molar refractivity (Wildman–Crippen MR) is 69.8 cm³/mol. The Balaban J connectivity index is 1.69. The molecule has 0 aromatic rings. The Morgan fingerprint density at radius 2 is 1.75 bits per heavy atom. The third-order valence-electron chi connectivity index (χ3n) is 4.38. The monoisotopic (exact) mass is 224 g/mol. The summed E-state index contributed by atoms with van der Waals surface area (Å²) < 4.78 is 0. The van der Waals surface area contributed by atoms with Gasteiger partial charge in [0, 0.05) is 18.6 Å². The minimum absolute atomic E-state index is 0.796. The van der Waals surface area contributed by atoms with Gasteiger partial charge in [0.15, 0.2) is 0 Å². The van der Waals surface area contributed by atoms with E-state index in [4.69, 9.17) is 0 Å². The molecule has 1 unspecified atom stereocenters. The minimum Gasteiger partial charge on any atom is -0.312 e. The first-order valence-electron chi connectivity index (χ1n) is 7.37. The van der Waals surface area contributed by atoms with Crippen LogP contribution in [0.25, 0.3) is 0 Å². The van der Waals surface area contributed by atoms with E-state index >= 15 is 0 Å². The number of hydrogen-bond donors (Lipinski definition) is 1. The van der Waals surface area contributed by atoms with Gasteiger partial charge >= 0.3 is 0 Å². The van der Waals surface area contributed by atoms with E-state index in [9.17, 15) is 0 Å². The lowest BCUT2D eigenvalue weighted by Gasteiger charge is -2.30. The van der Waals surface area contributed by atoms with Crippen LogP contribution in [0.2, 0.25) is 0 Å². The van der Waals surface area contributed by atoms with E-state index in [1.165, 1.54) is 71.0 Å². The lowest BCUT2D eigenvalue weighted by Crippen LogP contribution is -2.44. The van der Waals surface area contributed by atoms with Gasteiger partial charge in [-0.3, -0.25) is 4.90 Å². The molecule has 1 saturated carbocycles. The van der Waals surface area contributed by atoms with E-state index in [1.807, 2.05) is 0 Å². The van der Waals surface area contributed by atoms with Crippen LogP contribution in [-0.4, -0.2) is 36.6 Å². The zero-order chi connectivity index (χ0) is 11.2. The van der Waals surface area contributed by atoms with Gasteiger partial charge in [0.05, 0.1) is 0 Å². The lowest BCUT2D eigenvalue weighted by molar-refractivity contribution is 0.217. The van der Waals surface area contributed by atoms with Crippen molar-refractivity contribution in [3.63, 3.8) is 0 Å². The van der Waals surface area contributed by atoms with E-state index in [2.05, 4.69) is 17.1 Å². The van der Waals surface area contributed by atoms with E-state index in [0.717, 1.165) is 12.1 Å². The second-order valence-corrected chi connectivity index (χ2v) is 5.55. The molecule has 16 heavy (non-hydrogen) atoms. The van der Waals surface area contributed by atoms with Crippen LogP contribution in [0.15, 0.2) is 0 Å². The molecule has 2 heteroatoms. The van der Waals surface area contributed by atoms with Crippen molar-refractivity contribution in [2.24, 2.45) is 0 Å². The first kappa shape index (κ1) is 12.4. The molecule has 0 aromatic carbocycles. The first-order chi connectivity index (χ1) is 7.90. The van der Waals surface area contributed by atoms with E-state index in [0.29, 0.717) is 0 Å². The molecule has 2 nitrogen and oxygen atoms in total. The van der Waals surface area contributed by atoms with Crippen molar-refractivity contribution in [2.75, 3.05) is 19.6 Å². The normalized spacial score (nSPS) is 26.1. The highest BCUT2D eigenvalue weighted by molar-refractivity contribution is 4.80. The van der Waals surface area contributed by atoms with Crippen LogP contribution in [0.1, 0.15) is 58.3 Å². The summed E-state index contributed by atoms with van der Waals surface area (Å²) in [6.07, 6.45) is 11.3. The Morgan fingerprint density at radius 3 is 2.38 bits per heavy atom. The summed E-state index contributed by atoms with van der Waals surface area (Å²) in [6, 6.07) is 1.62. The largest absolute Gasteiger partial charge is 0.312 e. The Bertz CT molecular complexity index is 181. The van der Waals surface area contributed by atoms with Gasteiger partial charge in [0.1, 0.15) is 0 Å². The van der Waals surface area contributed by atoms with Gasteiger partial charge in [-0.2, -0.15) is 0 Å². The maximum Gasteiger partial charge on any atom is 0.0218 e. The fourth-order valence-electron chi connectivity index (χ4n) is 3.25. The second kappa shape index (κ2) is 6.61. The van der Waals surface area contributed by atoms with Crippen LogP contribution in [0, 0.1) is 0 Å². The summed E-state index contributed by atoms with van der Waals surface area (Å²) >= 11 is 0. The smallest absolute Gasteiger partial charge is 0.0218 e. The number of rotatable bonds is 5. The van der Waals surface area contributed by atoms with Crippen molar-refractivity contribution in [3.05, 3.63) is 0 Å². The van der Waals surface area contributed by atoms with Crippen LogP contribution >= 0.6 is 0 Å². The molecule has 1 N–H and O–H groups in total. The zero-order valence-corrected chi connectivity index (χ0v) is 10.9. The Kier molecular flexibility index (Phi) is 5.11. The van der Waals surface area contributed by atoms with Crippen molar-refractivity contribution in [3.8, 4) is 0 Å². The first-order valence-corrected chi connectivity index (χ1v) is 7.37. The highest BCUT2D eigenvalue weighted by Gasteiger charge is 2.21. The van der Waals surface area contributed by atoms with Gasteiger partial charge in [-0.15, -0.1) is 0 Å². The van der Waals surface area contributed by atoms with Crippen LogP contribution in [0.5, 0.6) is 0 Å². The molecular weight excluding hydrogens is 196 g/mol. The molecule has 0 bridgehead atoms. The van der Waals surface area contributed by atoms with Crippen molar-refractivity contribution < 1.29 is 0 Å². The van der Waals surface area contributed by atoms with Crippen molar-refractivity contribution in [1.29, 1.82) is 0 Å². The van der Waals surface area contributed by atoms with Crippen molar-refractivity contribution in [1.82, 2.24) is 10.2 Å². The molecular formula is C14H28N2. The molecule has 1 aliphatic heterocycles. The molecule has 2 aliphatic rings. The summed E-state index contributed by atoms with van der Waals surface area (Å²) in [7, 11) is 0. The topological polar surface area (TPSA) is 15.3 Å². The maximum absolute atomic E-state index is 3.81. The standard InChI is InChI=1S/C14H28N2/c1-2-14(16-10-6-7-11-16)12-15-13-8-4-3-5-9-13/h13-15H,2-12H2,1H3. The number of nitrogens with one attached hydrogen (secondary N) is 1. The molecule has 94 valence electrons. The van der Waals surface area contributed by atoms with Gasteiger partial charge in [-0.05, 0) is 45.2 Å². The highest BCUT2D eigenvalue weighted by Crippen LogP contribution is 2.18. The Morgan fingerprint density at radius 1 is 1.06 bits per heavy atom. The van der Waals surface area contributed by atoms with Crippen LogP contribution in [0.4, 0.5) is 0 Å². The minimum atomic E-state index is 0.796. The fraction of sp³-hybridized carbons (Fsp3) is 1.00. The third kappa shape index (κ3) is 3.46. The summed E-state index contributed by atoms with van der Waals surface area (Å²) in [5, 5.41) is 3.81. The summed E-state index contributed by atoms with van der Waals surface area (Å²) in [5.74, 6) is 0. The molecule has 1 saturated heterocycles. The van der Waals surface area contributed by atoms with Crippen LogP contribution in [0.3, 0.4) is 0 Å². The molecule has 1 atom stereocenters. The maximum atomic E-state index is 3.81. The van der Waals surface area contributed by atoms with E-state index < -0.39 is 0 Å². The summed E-state index contributed by atoms with van der Waals surface area (Å²) in [6.45, 7) is 6.24. The number of hydrogen-bond acceptors (Lipinski definition) is 2. The van der Waals surface area contributed by atoms with Crippen molar-refractivity contribution in [2.45, 2.75) is 70.4 Å². The fourth-order valence-corrected chi connectivity index (χ4v) is 3.25. The molecule has 1 aliphatic carbocycles. The zero-order valence-electron chi connectivity index (χ0n) is 10.9. The van der Waals surface area contributed by atoms with Crippen LogP contribution < -0.4 is 5.32 Å². The molecule has 2 fully saturated rings. The molecule has 0 amide bonds. The van der Waals surface area contributed by atoms with Gasteiger partial charge in [0.2, 0.25) is 0 Å². The van der Waals surface area contributed by atoms with Crippen LogP contribution in [-0.2, 0) is 0 Å². The van der Waals surface area contributed by atoms with E-state index in [-0.39, 0.29) is 0 Å². The quantitative estimate of drug-likeness (QED) is 0.772. The van der Waals surface area contributed by atoms with Gasteiger partial charge < -0.3 is 5.32 Å². The molecule has 0 radical (unpaired) electrons. The third-order valence-corrected chi connectivity index (χ3v) is 4.38. The molecule has 2 rings (SSSR count). The highest BCUT2D eigenvalue weighted by atomic mass is 15.2. The molecule has 1 heterocycles. The lowest BCUT2D eigenvalue weighted by atomic mass is 9.95. The Hall–Kier alpha value is -0.0800. The summed E-state index contributed by atoms with van der Waals surface area (Å²) in [5.41, 5.74) is 0. The molecule has 0 spiro atoms. The SMILES string of the molecule is CCC(CNC1CCCCC1)N1CCCC1. The Labute approximate surface area is 101 Å². The number of likely N-dealkylation sites (tertiary alicyclic amines) is 1. The molecule has 0 aromatic heterocycles. The predicted octanol–water partition coefficient (Wildman–Crippen LogP) is 2.78.